The molecule has 3 N–H and O–H groups in total. The van der Waals surface area contributed by atoms with E-state index in [0.29, 0.717) is 12.0 Å². The van der Waals surface area contributed by atoms with Crippen molar-refractivity contribution in [1.82, 2.24) is 10.3 Å². The molecule has 1 amide bonds. The minimum absolute atomic E-state index is 0.193. The minimum atomic E-state index is -0.426. The van der Waals surface area contributed by atoms with Gasteiger partial charge >= 0.3 is 6.09 Å². The van der Waals surface area contributed by atoms with Crippen LogP contribution in [-0.2, 0) is 4.74 Å². The van der Waals surface area contributed by atoms with E-state index in [1.807, 2.05) is 25.7 Å². The van der Waals surface area contributed by atoms with Gasteiger partial charge in [0.25, 0.3) is 0 Å². The first kappa shape index (κ1) is 16.6. The Kier molecular flexibility index (Phi) is 5.49. The van der Waals surface area contributed by atoms with Crippen LogP contribution in [0.4, 0.5) is 4.79 Å². The summed E-state index contributed by atoms with van der Waals surface area (Å²) in [5, 5.41) is 0. The van der Waals surface area contributed by atoms with Gasteiger partial charge in [-0.2, -0.15) is 0 Å². The van der Waals surface area contributed by atoms with Gasteiger partial charge in [0.05, 0.1) is 0 Å². The Labute approximate surface area is 128 Å². The van der Waals surface area contributed by atoms with Crippen molar-refractivity contribution in [3.05, 3.63) is 0 Å². The number of ether oxygens (including phenoxy) is 1. The van der Waals surface area contributed by atoms with E-state index >= 15 is 0 Å². The van der Waals surface area contributed by atoms with Gasteiger partial charge in [0.1, 0.15) is 5.60 Å². The number of carbonyl (C=O) groups excluding carboxylic acids is 1. The summed E-state index contributed by atoms with van der Waals surface area (Å²) in [4.78, 5) is 13.9. The Morgan fingerprint density at radius 2 is 2.00 bits per heavy atom. The molecule has 5 heteroatoms. The van der Waals surface area contributed by atoms with E-state index in [2.05, 4.69) is 5.43 Å². The lowest BCUT2D eigenvalue weighted by atomic mass is 9.89. The van der Waals surface area contributed by atoms with Gasteiger partial charge in [-0.25, -0.2) is 4.79 Å². The maximum atomic E-state index is 12.1. The van der Waals surface area contributed by atoms with Crippen LogP contribution in [0.5, 0.6) is 0 Å². The highest BCUT2D eigenvalue weighted by Gasteiger charge is 2.34. The maximum absolute atomic E-state index is 12.1. The Bertz CT molecular complexity index is 348. The molecule has 1 saturated heterocycles. The first-order valence-electron chi connectivity index (χ1n) is 8.33. The third-order valence-corrected chi connectivity index (χ3v) is 4.72. The van der Waals surface area contributed by atoms with E-state index in [1.54, 1.807) is 0 Å². The van der Waals surface area contributed by atoms with Crippen LogP contribution in [0.2, 0.25) is 0 Å². The lowest BCUT2D eigenvalue weighted by Crippen LogP contribution is -2.43. The van der Waals surface area contributed by atoms with Crippen molar-refractivity contribution >= 4 is 6.09 Å². The lowest BCUT2D eigenvalue weighted by molar-refractivity contribution is 0.0284. The topological polar surface area (TPSA) is 67.6 Å². The van der Waals surface area contributed by atoms with Crippen molar-refractivity contribution in [3.63, 3.8) is 0 Å². The van der Waals surface area contributed by atoms with Crippen LogP contribution in [0, 0.1) is 11.8 Å². The first-order valence-corrected chi connectivity index (χ1v) is 8.33. The molecule has 0 radical (unpaired) electrons. The minimum Gasteiger partial charge on any atom is -0.444 e. The molecule has 1 saturated carbocycles. The van der Waals surface area contributed by atoms with E-state index in [0.717, 1.165) is 31.8 Å². The highest BCUT2D eigenvalue weighted by atomic mass is 16.6. The molecule has 2 fully saturated rings. The number of hydrazine groups is 1. The summed E-state index contributed by atoms with van der Waals surface area (Å²) in [5.41, 5.74) is 2.57. The molecular formula is C16H31N3O2. The van der Waals surface area contributed by atoms with Crippen LogP contribution in [0.15, 0.2) is 0 Å². The summed E-state index contributed by atoms with van der Waals surface area (Å²) in [6, 6.07) is 0.320. The van der Waals surface area contributed by atoms with Gasteiger partial charge < -0.3 is 9.64 Å². The number of carbonyl (C=O) groups is 1. The van der Waals surface area contributed by atoms with Gasteiger partial charge in [0, 0.05) is 19.1 Å². The Morgan fingerprint density at radius 1 is 1.33 bits per heavy atom. The van der Waals surface area contributed by atoms with Crippen LogP contribution in [0.3, 0.4) is 0 Å². The fourth-order valence-corrected chi connectivity index (χ4v) is 3.61. The lowest BCUT2D eigenvalue weighted by Gasteiger charge is -2.27. The summed E-state index contributed by atoms with van der Waals surface area (Å²) >= 11 is 0. The van der Waals surface area contributed by atoms with Crippen LogP contribution in [-0.4, -0.2) is 35.7 Å². The highest BCUT2D eigenvalue weighted by molar-refractivity contribution is 5.68. The van der Waals surface area contributed by atoms with E-state index in [9.17, 15) is 4.79 Å². The van der Waals surface area contributed by atoms with Crippen molar-refractivity contribution in [1.29, 1.82) is 0 Å². The van der Waals surface area contributed by atoms with Crippen LogP contribution < -0.4 is 11.3 Å². The number of nitrogens with zero attached hydrogens (tertiary/aromatic N) is 1. The van der Waals surface area contributed by atoms with Crippen LogP contribution in [0.1, 0.15) is 59.3 Å². The fraction of sp³-hybridized carbons (Fsp3) is 0.938. The van der Waals surface area contributed by atoms with E-state index in [4.69, 9.17) is 10.6 Å². The average molecular weight is 297 g/mol. The Hall–Kier alpha value is -0.810. The Morgan fingerprint density at radius 3 is 2.57 bits per heavy atom. The SMILES string of the molecule is CC(C)(C)OC(=O)N1CCC(C(CC2CCCC2)NN)C1. The van der Waals surface area contributed by atoms with Gasteiger partial charge in [0.15, 0.2) is 0 Å². The van der Waals surface area contributed by atoms with Crippen molar-refractivity contribution in [2.24, 2.45) is 17.7 Å². The van der Waals surface area contributed by atoms with Gasteiger partial charge in [-0.15, -0.1) is 0 Å². The van der Waals surface area contributed by atoms with Crippen molar-refractivity contribution in [2.75, 3.05) is 13.1 Å². The molecule has 0 aromatic carbocycles. The monoisotopic (exact) mass is 297 g/mol. The number of amides is 1. The summed E-state index contributed by atoms with van der Waals surface area (Å²) in [5.74, 6) is 7.02. The summed E-state index contributed by atoms with van der Waals surface area (Å²) in [6.07, 6.45) is 7.35. The van der Waals surface area contributed by atoms with Gasteiger partial charge in [-0.1, -0.05) is 25.7 Å². The second kappa shape index (κ2) is 6.97. The molecule has 0 aromatic heterocycles. The third kappa shape index (κ3) is 4.85. The maximum Gasteiger partial charge on any atom is 0.410 e. The molecule has 2 atom stereocenters. The molecular weight excluding hydrogens is 266 g/mol. The molecule has 2 unspecified atom stereocenters. The molecule has 0 spiro atoms. The molecule has 1 aliphatic heterocycles. The average Bonchev–Trinajstić information content (AvgIpc) is 3.05. The van der Waals surface area contributed by atoms with Gasteiger partial charge in [0.2, 0.25) is 0 Å². The van der Waals surface area contributed by atoms with Crippen molar-refractivity contribution < 1.29 is 9.53 Å². The number of nitrogens with two attached hydrogens (primary N) is 1. The third-order valence-electron chi connectivity index (χ3n) is 4.72. The molecule has 0 bridgehead atoms. The predicted molar refractivity (Wildman–Crippen MR) is 83.6 cm³/mol. The number of hydrogen-bond acceptors (Lipinski definition) is 4. The number of likely N-dealkylation sites (tertiary alicyclic amines) is 1. The highest BCUT2D eigenvalue weighted by Crippen LogP contribution is 2.32. The zero-order valence-electron chi connectivity index (χ0n) is 13.7. The molecule has 1 aliphatic carbocycles. The largest absolute Gasteiger partial charge is 0.444 e. The molecule has 1 heterocycles. The zero-order valence-corrected chi connectivity index (χ0v) is 13.7. The van der Waals surface area contributed by atoms with E-state index in [1.165, 1.54) is 25.7 Å². The molecule has 2 rings (SSSR count). The molecule has 0 aromatic rings. The zero-order chi connectivity index (χ0) is 15.5. The quantitative estimate of drug-likeness (QED) is 0.618. The number of nitrogens with one attached hydrogen (secondary N) is 1. The second-order valence-electron chi connectivity index (χ2n) is 7.63. The summed E-state index contributed by atoms with van der Waals surface area (Å²) < 4.78 is 5.45. The smallest absolute Gasteiger partial charge is 0.410 e. The summed E-state index contributed by atoms with van der Waals surface area (Å²) in [6.45, 7) is 7.26. The van der Waals surface area contributed by atoms with Crippen molar-refractivity contribution in [3.8, 4) is 0 Å². The standard InChI is InChI=1S/C16H31N3O2/c1-16(2,3)21-15(20)19-9-8-13(11-19)14(18-17)10-12-6-4-5-7-12/h12-14,18H,4-11,17H2,1-3H3. The molecule has 2 aliphatic rings. The summed E-state index contributed by atoms with van der Waals surface area (Å²) in [7, 11) is 0. The fourth-order valence-electron chi connectivity index (χ4n) is 3.61. The van der Waals surface area contributed by atoms with Crippen LogP contribution >= 0.6 is 0 Å². The van der Waals surface area contributed by atoms with Gasteiger partial charge in [-0.3, -0.25) is 11.3 Å². The predicted octanol–water partition coefficient (Wildman–Crippen LogP) is 2.66. The molecule has 122 valence electrons. The normalized spacial score (nSPS) is 25.3. The number of rotatable bonds is 4. The second-order valence-corrected chi connectivity index (χ2v) is 7.63. The Balaban J connectivity index is 1.83. The number of hydrogen-bond donors (Lipinski definition) is 2. The van der Waals surface area contributed by atoms with Crippen molar-refractivity contribution in [2.45, 2.75) is 70.9 Å². The van der Waals surface area contributed by atoms with Gasteiger partial charge in [-0.05, 0) is 45.4 Å². The van der Waals surface area contributed by atoms with E-state index in [-0.39, 0.29) is 6.09 Å². The molecule has 21 heavy (non-hydrogen) atoms. The molecule has 5 nitrogen and oxygen atoms in total. The van der Waals surface area contributed by atoms with Crippen LogP contribution in [0.25, 0.3) is 0 Å². The first-order chi connectivity index (χ1) is 9.89. The van der Waals surface area contributed by atoms with E-state index < -0.39 is 5.60 Å².